The number of aryl methyl sites for hydroxylation is 1. The summed E-state index contributed by atoms with van der Waals surface area (Å²) < 4.78 is 12.1. The minimum atomic E-state index is -0.562. The van der Waals surface area contributed by atoms with Crippen LogP contribution < -0.4 is 5.32 Å². The molecule has 2 aromatic heterocycles. The Balaban J connectivity index is 1.56. The predicted octanol–water partition coefficient (Wildman–Crippen LogP) is 6.46. The van der Waals surface area contributed by atoms with Gasteiger partial charge in [0.15, 0.2) is 5.65 Å². The molecule has 8 nitrogen and oxygen atoms in total. The van der Waals surface area contributed by atoms with E-state index in [-0.39, 0.29) is 0 Å². The molecular formula is C32H34N4O4. The third-order valence-corrected chi connectivity index (χ3v) is 7.15. The second-order valence-corrected chi connectivity index (χ2v) is 11.1. The highest BCUT2D eigenvalue weighted by Crippen LogP contribution is 2.42. The fourth-order valence-corrected chi connectivity index (χ4v) is 5.02. The van der Waals surface area contributed by atoms with E-state index in [4.69, 9.17) is 19.6 Å². The van der Waals surface area contributed by atoms with Gasteiger partial charge in [0.1, 0.15) is 5.60 Å². The zero-order chi connectivity index (χ0) is 28.5. The number of aromatic nitrogens is 3. The smallest absolute Gasteiger partial charge is 0.408 e. The SMILES string of the molecule is COC(=O)/C=C/c1c(C)nc2cc(-c3ccccc3)c(-c3ccc(C4(NC(=O)OC(C)(C)C)CCC4)cc3)nn12. The number of imidazole rings is 1. The van der Waals surface area contributed by atoms with Crippen molar-refractivity contribution in [1.82, 2.24) is 19.9 Å². The second kappa shape index (κ2) is 10.6. The van der Waals surface area contributed by atoms with Crippen LogP contribution in [0, 0.1) is 6.92 Å². The number of nitrogens with one attached hydrogen (secondary N) is 1. The number of hydrogen-bond donors (Lipinski definition) is 1. The molecule has 2 heterocycles. The molecule has 0 aliphatic heterocycles. The minimum Gasteiger partial charge on any atom is -0.466 e. The van der Waals surface area contributed by atoms with Gasteiger partial charge in [0.05, 0.1) is 29.7 Å². The van der Waals surface area contributed by atoms with Crippen molar-refractivity contribution in [2.45, 2.75) is 58.1 Å². The zero-order valence-corrected chi connectivity index (χ0v) is 23.5. The molecule has 40 heavy (non-hydrogen) atoms. The van der Waals surface area contributed by atoms with Crippen LogP contribution in [0.3, 0.4) is 0 Å². The Labute approximate surface area is 234 Å². The normalized spacial score (nSPS) is 14.6. The molecule has 4 aromatic rings. The molecule has 1 aliphatic rings. The number of rotatable bonds is 6. The van der Waals surface area contributed by atoms with Crippen LogP contribution in [-0.2, 0) is 19.8 Å². The van der Waals surface area contributed by atoms with Crippen LogP contribution >= 0.6 is 0 Å². The maximum Gasteiger partial charge on any atom is 0.408 e. The Kier molecular flexibility index (Phi) is 7.19. The average Bonchev–Trinajstić information content (AvgIpc) is 3.22. The van der Waals surface area contributed by atoms with Crippen LogP contribution in [0.25, 0.3) is 34.1 Å². The van der Waals surface area contributed by atoms with E-state index < -0.39 is 23.2 Å². The Morgan fingerprint density at radius 1 is 1.02 bits per heavy atom. The number of esters is 1. The highest BCUT2D eigenvalue weighted by atomic mass is 16.6. The summed E-state index contributed by atoms with van der Waals surface area (Å²) in [7, 11) is 1.34. The van der Waals surface area contributed by atoms with Gasteiger partial charge in [-0.1, -0.05) is 54.6 Å². The van der Waals surface area contributed by atoms with Crippen molar-refractivity contribution >= 4 is 23.8 Å². The maximum absolute atomic E-state index is 12.6. The van der Waals surface area contributed by atoms with Crippen molar-refractivity contribution in [1.29, 1.82) is 0 Å². The first kappa shape index (κ1) is 27.1. The number of ether oxygens (including phenoxy) is 2. The first-order valence-corrected chi connectivity index (χ1v) is 13.4. The molecule has 5 rings (SSSR count). The van der Waals surface area contributed by atoms with Gasteiger partial charge >= 0.3 is 12.1 Å². The second-order valence-electron chi connectivity index (χ2n) is 11.1. The van der Waals surface area contributed by atoms with E-state index in [1.165, 1.54) is 13.2 Å². The Morgan fingerprint density at radius 3 is 2.33 bits per heavy atom. The van der Waals surface area contributed by atoms with Gasteiger partial charge in [-0.2, -0.15) is 5.10 Å². The summed E-state index contributed by atoms with van der Waals surface area (Å²) in [5, 5.41) is 8.15. The predicted molar refractivity (Wildman–Crippen MR) is 155 cm³/mol. The molecule has 1 aliphatic carbocycles. The molecule has 0 spiro atoms. The molecule has 206 valence electrons. The van der Waals surface area contributed by atoms with Crippen LogP contribution in [-0.4, -0.2) is 39.4 Å². The van der Waals surface area contributed by atoms with Crippen LogP contribution in [0.4, 0.5) is 4.79 Å². The fraction of sp³-hybridized carbons (Fsp3) is 0.312. The molecule has 0 atom stereocenters. The molecule has 0 saturated heterocycles. The lowest BCUT2D eigenvalue weighted by Crippen LogP contribution is -2.52. The Bertz CT molecular complexity index is 1580. The number of fused-ring (bicyclic) bond motifs is 1. The lowest BCUT2D eigenvalue weighted by atomic mass is 9.71. The van der Waals surface area contributed by atoms with Crippen LogP contribution in [0.15, 0.2) is 66.7 Å². The number of alkyl carbamates (subject to hydrolysis) is 1. The van der Waals surface area contributed by atoms with E-state index in [1.54, 1.807) is 10.6 Å². The highest BCUT2D eigenvalue weighted by molar-refractivity contribution is 5.87. The molecule has 1 amide bonds. The van der Waals surface area contributed by atoms with E-state index in [9.17, 15) is 9.59 Å². The molecule has 1 N–H and O–H groups in total. The number of methoxy groups -OCH3 is 1. The molecule has 1 fully saturated rings. The standard InChI is InChI=1S/C32H34N4O4/c1-21-26(16-17-28(37)39-5)36-27(33-21)20-25(22-10-7-6-8-11-22)29(35-36)23-12-14-24(15-13-23)32(18-9-19-32)34-30(38)40-31(2,3)4/h6-8,10-17,20H,9,18-19H2,1-5H3,(H,34,38)/b17-16+. The van der Waals surface area contributed by atoms with Crippen molar-refractivity contribution in [2.24, 2.45) is 0 Å². The summed E-state index contributed by atoms with van der Waals surface area (Å²) >= 11 is 0. The van der Waals surface area contributed by atoms with Crippen molar-refractivity contribution in [3.63, 3.8) is 0 Å². The molecule has 0 bridgehead atoms. The Morgan fingerprint density at radius 2 is 1.73 bits per heavy atom. The quantitative estimate of drug-likeness (QED) is 0.224. The van der Waals surface area contributed by atoms with Crippen molar-refractivity contribution < 1.29 is 19.1 Å². The van der Waals surface area contributed by atoms with E-state index in [0.29, 0.717) is 11.3 Å². The first-order valence-electron chi connectivity index (χ1n) is 13.4. The number of carbonyl (C=O) groups is 2. The first-order chi connectivity index (χ1) is 19.1. The zero-order valence-electron chi connectivity index (χ0n) is 23.5. The van der Waals surface area contributed by atoms with Gasteiger partial charge in [-0.15, -0.1) is 0 Å². The van der Waals surface area contributed by atoms with Crippen LogP contribution in [0.5, 0.6) is 0 Å². The monoisotopic (exact) mass is 538 g/mol. The summed E-state index contributed by atoms with van der Waals surface area (Å²) in [4.78, 5) is 29.1. The number of amides is 1. The van der Waals surface area contributed by atoms with E-state index >= 15 is 0 Å². The summed E-state index contributed by atoms with van der Waals surface area (Å²) in [6, 6.07) is 20.3. The number of carbonyl (C=O) groups excluding carboxylic acids is 2. The maximum atomic E-state index is 12.6. The van der Waals surface area contributed by atoms with Gasteiger partial charge in [-0.25, -0.2) is 19.1 Å². The van der Waals surface area contributed by atoms with Gasteiger partial charge in [-0.3, -0.25) is 0 Å². The molecule has 8 heteroatoms. The van der Waals surface area contributed by atoms with Gasteiger partial charge in [0.25, 0.3) is 0 Å². The lowest BCUT2D eigenvalue weighted by Gasteiger charge is -2.43. The van der Waals surface area contributed by atoms with E-state index in [0.717, 1.165) is 52.9 Å². The molecule has 1 saturated carbocycles. The summed E-state index contributed by atoms with van der Waals surface area (Å²) in [6.07, 6.45) is 5.39. The van der Waals surface area contributed by atoms with Crippen molar-refractivity contribution in [3.05, 3.63) is 83.7 Å². The minimum absolute atomic E-state index is 0.405. The van der Waals surface area contributed by atoms with E-state index in [2.05, 4.69) is 17.4 Å². The van der Waals surface area contributed by atoms with Gasteiger partial charge in [-0.05, 0) is 70.2 Å². The summed E-state index contributed by atoms with van der Waals surface area (Å²) in [5.41, 5.74) is 5.83. The lowest BCUT2D eigenvalue weighted by molar-refractivity contribution is -0.134. The topological polar surface area (TPSA) is 94.8 Å². The number of benzene rings is 2. The van der Waals surface area contributed by atoms with E-state index in [1.807, 2.05) is 76.2 Å². The highest BCUT2D eigenvalue weighted by Gasteiger charge is 2.41. The van der Waals surface area contributed by atoms with Crippen LogP contribution in [0.2, 0.25) is 0 Å². The summed E-state index contributed by atoms with van der Waals surface area (Å²) in [6.45, 7) is 7.47. The molecule has 0 radical (unpaired) electrons. The third-order valence-electron chi connectivity index (χ3n) is 7.15. The number of nitrogens with zero attached hydrogens (tertiary/aromatic N) is 3. The average molecular weight is 539 g/mol. The Hall–Kier alpha value is -4.46. The fourth-order valence-electron chi connectivity index (χ4n) is 5.02. The summed E-state index contributed by atoms with van der Waals surface area (Å²) in [5.74, 6) is -0.448. The van der Waals surface area contributed by atoms with Gasteiger partial charge < -0.3 is 14.8 Å². The molecule has 2 aromatic carbocycles. The molecular weight excluding hydrogens is 504 g/mol. The van der Waals surface area contributed by atoms with Gasteiger partial charge in [0.2, 0.25) is 0 Å². The van der Waals surface area contributed by atoms with Crippen LogP contribution in [0.1, 0.15) is 57.0 Å². The molecule has 0 unspecified atom stereocenters. The number of hydrogen-bond acceptors (Lipinski definition) is 6. The van der Waals surface area contributed by atoms with Gasteiger partial charge in [0, 0.05) is 17.2 Å². The van der Waals surface area contributed by atoms with Crippen molar-refractivity contribution in [2.75, 3.05) is 7.11 Å². The van der Waals surface area contributed by atoms with Crippen molar-refractivity contribution in [3.8, 4) is 22.4 Å². The largest absolute Gasteiger partial charge is 0.466 e. The third kappa shape index (κ3) is 5.47.